The van der Waals surface area contributed by atoms with Crippen molar-refractivity contribution in [2.24, 2.45) is 0 Å². The quantitative estimate of drug-likeness (QED) is 0.127. The second-order valence-corrected chi connectivity index (χ2v) is 11.0. The number of hydrogen-bond donors (Lipinski definition) is 1. The molecule has 1 aromatic heterocycles. The third-order valence-corrected chi connectivity index (χ3v) is 7.76. The Morgan fingerprint density at radius 2 is 1.89 bits per heavy atom. The van der Waals surface area contributed by atoms with Crippen molar-refractivity contribution in [3.05, 3.63) is 119 Å². The van der Waals surface area contributed by atoms with Crippen LogP contribution in [-0.4, -0.2) is 33.7 Å². The Bertz CT molecular complexity index is 1450. The topological polar surface area (TPSA) is 67.5 Å². The van der Waals surface area contributed by atoms with E-state index in [0.29, 0.717) is 43.2 Å². The molecule has 0 spiro atoms. The zero-order valence-electron chi connectivity index (χ0n) is 28.0. The summed E-state index contributed by atoms with van der Waals surface area (Å²) in [6.07, 6.45) is 10.9. The monoisotopic (exact) mass is 639 g/mol. The molecule has 1 amide bonds. The average Bonchev–Trinajstić information content (AvgIpc) is 3.53. The molecule has 0 aliphatic carbocycles. The van der Waals surface area contributed by atoms with Gasteiger partial charge in [-0.25, -0.2) is 18.2 Å². The van der Waals surface area contributed by atoms with E-state index in [-0.39, 0.29) is 23.7 Å². The molecule has 1 N–H and O–H groups in total. The molecule has 1 aromatic carbocycles. The number of aromatic nitrogens is 2. The van der Waals surface area contributed by atoms with Gasteiger partial charge in [-0.05, 0) is 56.2 Å². The van der Waals surface area contributed by atoms with Crippen molar-refractivity contribution in [3.63, 3.8) is 0 Å². The molecule has 6 nitrogen and oxygen atoms in total. The van der Waals surface area contributed by atoms with Gasteiger partial charge in [0.05, 0.1) is 30.5 Å². The summed E-state index contributed by atoms with van der Waals surface area (Å²) in [5, 5.41) is 0. The van der Waals surface area contributed by atoms with Gasteiger partial charge < -0.3 is 19.4 Å². The number of imidazole rings is 1. The van der Waals surface area contributed by atoms with Crippen molar-refractivity contribution in [1.82, 2.24) is 14.9 Å². The van der Waals surface area contributed by atoms with Gasteiger partial charge in [-0.15, -0.1) is 0 Å². The van der Waals surface area contributed by atoms with Gasteiger partial charge in [-0.3, -0.25) is 4.79 Å². The van der Waals surface area contributed by atoms with Gasteiger partial charge >= 0.3 is 0 Å². The van der Waals surface area contributed by atoms with Crippen LogP contribution in [0.3, 0.4) is 0 Å². The number of halogens is 3. The first-order valence-corrected chi connectivity index (χ1v) is 15.8. The number of carbonyl (C=O) groups excluding carboxylic acids is 1. The molecule has 1 atom stereocenters. The maximum Gasteiger partial charge on any atom is 0.290 e. The first-order valence-electron chi connectivity index (χ1n) is 15.8. The van der Waals surface area contributed by atoms with Crippen molar-refractivity contribution >= 4 is 5.91 Å². The second kappa shape index (κ2) is 19.3. The molecule has 9 heteroatoms. The van der Waals surface area contributed by atoms with E-state index in [9.17, 15) is 18.0 Å². The summed E-state index contributed by atoms with van der Waals surface area (Å²) in [6, 6.07) is 4.98. The number of rotatable bonds is 14. The summed E-state index contributed by atoms with van der Waals surface area (Å²) in [4.78, 5) is 22.2. The largest absolute Gasteiger partial charge is 0.462 e. The Labute approximate surface area is 272 Å². The number of benzene rings is 1. The Kier molecular flexibility index (Phi) is 15.9. The third-order valence-electron chi connectivity index (χ3n) is 7.76. The molecule has 1 aliphatic rings. The summed E-state index contributed by atoms with van der Waals surface area (Å²) < 4.78 is 52.0. The van der Waals surface area contributed by atoms with E-state index in [4.69, 9.17) is 9.47 Å². The molecule has 0 bridgehead atoms. The minimum absolute atomic E-state index is 0.281. The minimum Gasteiger partial charge on any atom is -0.462 e. The third kappa shape index (κ3) is 10.4. The first kappa shape index (κ1) is 37.9. The fraction of sp³-hybridized carbons (Fsp3) is 0.405. The van der Waals surface area contributed by atoms with Crippen LogP contribution in [-0.2, 0) is 22.5 Å². The van der Waals surface area contributed by atoms with Crippen molar-refractivity contribution in [1.29, 1.82) is 0 Å². The smallest absolute Gasteiger partial charge is 0.290 e. The van der Waals surface area contributed by atoms with Gasteiger partial charge in [0.2, 0.25) is 0 Å². The number of H-pyrrole nitrogens is 1. The number of amides is 1. The van der Waals surface area contributed by atoms with Crippen molar-refractivity contribution in [3.8, 4) is 5.75 Å². The molecule has 2 aromatic rings. The summed E-state index contributed by atoms with van der Waals surface area (Å²) in [6.45, 7) is 19.0. The van der Waals surface area contributed by atoms with Crippen LogP contribution in [0.15, 0.2) is 96.5 Å². The molecular formula is C37H48F3N3O3. The highest BCUT2D eigenvalue weighted by Crippen LogP contribution is 2.32. The fourth-order valence-corrected chi connectivity index (χ4v) is 4.74. The highest BCUT2D eigenvalue weighted by Gasteiger charge is 2.30. The van der Waals surface area contributed by atoms with Gasteiger partial charge in [0.15, 0.2) is 17.3 Å². The average molecular weight is 640 g/mol. The maximum absolute atomic E-state index is 13.7. The van der Waals surface area contributed by atoms with Gasteiger partial charge in [-0.2, -0.15) is 0 Å². The van der Waals surface area contributed by atoms with E-state index in [1.807, 2.05) is 45.9 Å². The molecule has 0 fully saturated rings. The lowest BCUT2D eigenvalue weighted by atomic mass is 9.97. The van der Waals surface area contributed by atoms with Crippen LogP contribution < -0.4 is 4.74 Å². The number of nitrogens with one attached hydrogen (secondary N) is 1. The fourth-order valence-electron chi connectivity index (χ4n) is 4.74. The number of aromatic amines is 1. The normalized spacial score (nSPS) is 14.9. The SMILES string of the molecule is C=COc1c(F)cccc1C(C)CC.C=C\C=C/C=C(CCC)/C(O/C(C(=O)N1CCc2nc[nH]c2C1)=C(\C)C(F)F)=C(\C)CC. The number of ether oxygens (including phenoxy) is 2. The van der Waals surface area contributed by atoms with E-state index in [1.165, 1.54) is 24.2 Å². The van der Waals surface area contributed by atoms with E-state index in [1.54, 1.807) is 24.5 Å². The van der Waals surface area contributed by atoms with Crippen LogP contribution in [0, 0.1) is 5.82 Å². The lowest BCUT2D eigenvalue weighted by Crippen LogP contribution is -2.38. The molecule has 1 unspecified atom stereocenters. The van der Waals surface area contributed by atoms with Crippen LogP contribution in [0.4, 0.5) is 13.2 Å². The van der Waals surface area contributed by atoms with Crippen LogP contribution in [0.25, 0.3) is 0 Å². The van der Waals surface area contributed by atoms with Crippen molar-refractivity contribution < 1.29 is 27.4 Å². The standard InChI is InChI=1S/C25H33F2N3O2.C12H15FO/c1-6-9-10-12-19(11-7-2)22(17(4)8-3)32-23(18(5)24(26)27)25(31)30-14-13-20-21(15-30)29-16-28-20;1-4-9(3)10-7-6-8-11(13)12(10)14-5-2/h6,9-10,12,16,24H,1,7-8,11,13-15H2,2-5H3,(H,28,29);5-9H,2,4H2,1,3H3/b10-9-,19-12+,22-17-,23-18+;. The summed E-state index contributed by atoms with van der Waals surface area (Å²) in [5.74, 6) is -0.103. The van der Waals surface area contributed by atoms with E-state index in [2.05, 4.69) is 30.0 Å². The molecule has 250 valence electrons. The molecule has 46 heavy (non-hydrogen) atoms. The predicted molar refractivity (Wildman–Crippen MR) is 179 cm³/mol. The number of carbonyl (C=O) groups is 1. The summed E-state index contributed by atoms with van der Waals surface area (Å²) >= 11 is 0. The molecule has 0 saturated carbocycles. The maximum atomic E-state index is 13.7. The van der Waals surface area contributed by atoms with Crippen molar-refractivity contribution in [2.75, 3.05) is 6.54 Å². The Morgan fingerprint density at radius 1 is 1.15 bits per heavy atom. The predicted octanol–water partition coefficient (Wildman–Crippen LogP) is 9.86. The highest BCUT2D eigenvalue weighted by molar-refractivity contribution is 5.92. The molecular weight excluding hydrogens is 591 g/mol. The molecule has 1 aliphatic heterocycles. The Balaban J connectivity index is 0.000000438. The summed E-state index contributed by atoms with van der Waals surface area (Å²) in [5.41, 5.74) is 3.98. The van der Waals surface area contributed by atoms with Gasteiger partial charge in [0.25, 0.3) is 12.3 Å². The molecule has 0 saturated heterocycles. The zero-order chi connectivity index (χ0) is 34.2. The van der Waals surface area contributed by atoms with Crippen LogP contribution in [0.2, 0.25) is 0 Å². The lowest BCUT2D eigenvalue weighted by molar-refractivity contribution is -0.131. The lowest BCUT2D eigenvalue weighted by Gasteiger charge is -2.28. The number of allylic oxidation sites excluding steroid dienone is 7. The van der Waals surface area contributed by atoms with Crippen LogP contribution >= 0.6 is 0 Å². The molecule has 3 rings (SSSR count). The van der Waals surface area contributed by atoms with E-state index < -0.39 is 12.3 Å². The van der Waals surface area contributed by atoms with Crippen LogP contribution in [0.1, 0.15) is 90.1 Å². The molecule has 2 heterocycles. The number of para-hydroxylation sites is 1. The highest BCUT2D eigenvalue weighted by atomic mass is 19.3. The first-order chi connectivity index (χ1) is 22.0. The summed E-state index contributed by atoms with van der Waals surface area (Å²) in [7, 11) is 0. The van der Waals surface area contributed by atoms with Gasteiger partial charge in [-0.1, -0.05) is 83.7 Å². The minimum atomic E-state index is -2.80. The zero-order valence-corrected chi connectivity index (χ0v) is 28.0. The Morgan fingerprint density at radius 3 is 2.50 bits per heavy atom. The number of hydrogen-bond acceptors (Lipinski definition) is 4. The van der Waals surface area contributed by atoms with Crippen LogP contribution in [0.5, 0.6) is 5.75 Å². The number of alkyl halides is 2. The number of fused-ring (bicyclic) bond motifs is 1. The second-order valence-electron chi connectivity index (χ2n) is 11.0. The van der Waals surface area contributed by atoms with E-state index in [0.717, 1.165) is 40.9 Å². The number of nitrogens with zero attached hydrogens (tertiary/aromatic N) is 2. The van der Waals surface area contributed by atoms with E-state index >= 15 is 0 Å². The van der Waals surface area contributed by atoms with Gasteiger partial charge in [0, 0.05) is 24.1 Å². The Hall–Kier alpha value is -4.27. The van der Waals surface area contributed by atoms with Gasteiger partial charge in [0.1, 0.15) is 5.76 Å². The molecule has 0 radical (unpaired) electrons. The van der Waals surface area contributed by atoms with Crippen molar-refractivity contribution in [2.45, 2.75) is 92.5 Å².